The van der Waals surface area contributed by atoms with Crippen molar-refractivity contribution in [3.8, 4) is 5.75 Å². The first-order valence-electron chi connectivity index (χ1n) is 6.51. The number of likely N-dealkylation sites (tertiary alicyclic amines) is 1. The Hall–Kier alpha value is -1.75. The predicted octanol–water partition coefficient (Wildman–Crippen LogP) is 0.877. The largest absolute Gasteiger partial charge is 0.482 e. The van der Waals surface area contributed by atoms with Gasteiger partial charge in [-0.05, 0) is 25.5 Å². The van der Waals surface area contributed by atoms with Crippen molar-refractivity contribution < 1.29 is 14.6 Å². The minimum absolute atomic E-state index is 0.0132. The molecule has 1 aromatic carbocycles. The van der Waals surface area contributed by atoms with Gasteiger partial charge in [-0.2, -0.15) is 0 Å². The Labute approximate surface area is 113 Å². The van der Waals surface area contributed by atoms with E-state index in [-0.39, 0.29) is 24.5 Å². The van der Waals surface area contributed by atoms with E-state index in [4.69, 9.17) is 10.5 Å². The third-order valence-corrected chi connectivity index (χ3v) is 3.53. The van der Waals surface area contributed by atoms with Gasteiger partial charge < -0.3 is 20.5 Å². The quantitative estimate of drug-likeness (QED) is 0.791. The minimum atomic E-state index is -0.372. The molecule has 1 aliphatic rings. The van der Waals surface area contributed by atoms with Gasteiger partial charge in [0.1, 0.15) is 5.75 Å². The SMILES string of the molecule is CC(O)C1CCN(C(=O)COc2ccccc2N)C1. The van der Waals surface area contributed by atoms with E-state index in [2.05, 4.69) is 0 Å². The molecule has 0 saturated carbocycles. The van der Waals surface area contributed by atoms with Crippen molar-refractivity contribution in [2.75, 3.05) is 25.4 Å². The van der Waals surface area contributed by atoms with Crippen molar-refractivity contribution in [3.63, 3.8) is 0 Å². The van der Waals surface area contributed by atoms with Crippen molar-refractivity contribution in [2.45, 2.75) is 19.4 Å². The first-order valence-corrected chi connectivity index (χ1v) is 6.51. The van der Waals surface area contributed by atoms with Gasteiger partial charge in [0.25, 0.3) is 5.91 Å². The molecule has 1 saturated heterocycles. The molecule has 2 atom stereocenters. The number of aliphatic hydroxyl groups is 1. The second kappa shape index (κ2) is 5.93. The molecule has 0 spiro atoms. The summed E-state index contributed by atoms with van der Waals surface area (Å²) < 4.78 is 5.43. The van der Waals surface area contributed by atoms with Crippen LogP contribution in [0.1, 0.15) is 13.3 Å². The molecule has 1 amide bonds. The molecule has 19 heavy (non-hydrogen) atoms. The Morgan fingerprint density at radius 1 is 1.58 bits per heavy atom. The number of carbonyl (C=O) groups excluding carboxylic acids is 1. The molecule has 1 heterocycles. The average Bonchev–Trinajstić information content (AvgIpc) is 2.87. The van der Waals surface area contributed by atoms with Crippen molar-refractivity contribution >= 4 is 11.6 Å². The van der Waals surface area contributed by atoms with Gasteiger partial charge in [-0.1, -0.05) is 12.1 Å². The number of amides is 1. The summed E-state index contributed by atoms with van der Waals surface area (Å²) in [7, 11) is 0. The van der Waals surface area contributed by atoms with E-state index in [9.17, 15) is 9.90 Å². The summed E-state index contributed by atoms with van der Waals surface area (Å²) in [6.07, 6.45) is 0.472. The van der Waals surface area contributed by atoms with E-state index in [0.717, 1.165) is 6.42 Å². The van der Waals surface area contributed by atoms with Gasteiger partial charge in [0.2, 0.25) is 0 Å². The van der Waals surface area contributed by atoms with Crippen LogP contribution in [0, 0.1) is 5.92 Å². The average molecular weight is 264 g/mol. The first-order chi connectivity index (χ1) is 9.08. The number of carbonyl (C=O) groups is 1. The Morgan fingerprint density at radius 2 is 2.32 bits per heavy atom. The van der Waals surface area contributed by atoms with Crippen LogP contribution in [-0.2, 0) is 4.79 Å². The Morgan fingerprint density at radius 3 is 2.95 bits per heavy atom. The van der Waals surface area contributed by atoms with Crippen LogP contribution in [0.5, 0.6) is 5.75 Å². The van der Waals surface area contributed by atoms with Crippen LogP contribution in [0.3, 0.4) is 0 Å². The van der Waals surface area contributed by atoms with Crippen LogP contribution in [0.25, 0.3) is 0 Å². The summed E-state index contributed by atoms with van der Waals surface area (Å²) in [6, 6.07) is 7.11. The highest BCUT2D eigenvalue weighted by Gasteiger charge is 2.29. The molecule has 0 aliphatic carbocycles. The minimum Gasteiger partial charge on any atom is -0.482 e. The number of ether oxygens (including phenoxy) is 1. The topological polar surface area (TPSA) is 75.8 Å². The molecular weight excluding hydrogens is 244 g/mol. The van der Waals surface area contributed by atoms with Crippen molar-refractivity contribution in [2.24, 2.45) is 5.92 Å². The number of nitrogen functional groups attached to an aromatic ring is 1. The van der Waals surface area contributed by atoms with Crippen molar-refractivity contribution in [1.29, 1.82) is 0 Å². The van der Waals surface area contributed by atoms with E-state index < -0.39 is 0 Å². The normalized spacial score (nSPS) is 20.3. The maximum absolute atomic E-state index is 12.0. The number of nitrogens with zero attached hydrogens (tertiary/aromatic N) is 1. The van der Waals surface area contributed by atoms with Gasteiger partial charge in [-0.15, -0.1) is 0 Å². The van der Waals surface area contributed by atoms with Crippen molar-refractivity contribution in [3.05, 3.63) is 24.3 Å². The van der Waals surface area contributed by atoms with Crippen LogP contribution in [0.15, 0.2) is 24.3 Å². The third kappa shape index (κ3) is 3.38. The zero-order valence-electron chi connectivity index (χ0n) is 11.1. The smallest absolute Gasteiger partial charge is 0.260 e. The van der Waals surface area contributed by atoms with Crippen LogP contribution in [0.2, 0.25) is 0 Å². The molecule has 2 unspecified atom stereocenters. The fraction of sp³-hybridized carbons (Fsp3) is 0.500. The molecule has 5 heteroatoms. The van der Waals surface area contributed by atoms with Crippen LogP contribution in [0.4, 0.5) is 5.69 Å². The van der Waals surface area contributed by atoms with Crippen LogP contribution in [-0.4, -0.2) is 41.7 Å². The van der Waals surface area contributed by atoms with Gasteiger partial charge in [-0.25, -0.2) is 0 Å². The zero-order valence-corrected chi connectivity index (χ0v) is 11.1. The molecule has 5 nitrogen and oxygen atoms in total. The summed E-state index contributed by atoms with van der Waals surface area (Å²) in [5, 5.41) is 9.51. The summed E-state index contributed by atoms with van der Waals surface area (Å²) >= 11 is 0. The lowest BCUT2D eigenvalue weighted by molar-refractivity contribution is -0.132. The molecular formula is C14H20N2O3. The maximum Gasteiger partial charge on any atom is 0.260 e. The molecule has 2 rings (SSSR count). The fourth-order valence-corrected chi connectivity index (χ4v) is 2.25. The van der Waals surface area contributed by atoms with E-state index in [0.29, 0.717) is 24.5 Å². The van der Waals surface area contributed by atoms with Crippen LogP contribution >= 0.6 is 0 Å². The monoisotopic (exact) mass is 264 g/mol. The van der Waals surface area contributed by atoms with Crippen LogP contribution < -0.4 is 10.5 Å². The number of hydrogen-bond acceptors (Lipinski definition) is 4. The second-order valence-electron chi connectivity index (χ2n) is 4.96. The highest BCUT2D eigenvalue weighted by molar-refractivity contribution is 5.78. The van der Waals surface area contributed by atoms with Gasteiger partial charge >= 0.3 is 0 Å². The fourth-order valence-electron chi connectivity index (χ4n) is 2.25. The standard InChI is InChI=1S/C14H20N2O3/c1-10(17)11-6-7-16(8-11)14(18)9-19-13-5-3-2-4-12(13)15/h2-5,10-11,17H,6-9,15H2,1H3. The van der Waals surface area contributed by atoms with E-state index >= 15 is 0 Å². The third-order valence-electron chi connectivity index (χ3n) is 3.53. The van der Waals surface area contributed by atoms with Gasteiger partial charge in [0.05, 0.1) is 11.8 Å². The number of benzene rings is 1. The Balaban J connectivity index is 1.84. The number of para-hydroxylation sites is 2. The lowest BCUT2D eigenvalue weighted by Crippen LogP contribution is -2.34. The van der Waals surface area contributed by atoms with Crippen molar-refractivity contribution in [1.82, 2.24) is 4.90 Å². The highest BCUT2D eigenvalue weighted by atomic mass is 16.5. The molecule has 0 bridgehead atoms. The lowest BCUT2D eigenvalue weighted by atomic mass is 10.0. The van der Waals surface area contributed by atoms with E-state index in [1.807, 2.05) is 12.1 Å². The molecule has 0 aromatic heterocycles. The molecule has 1 aliphatic heterocycles. The summed E-state index contributed by atoms with van der Waals surface area (Å²) in [6.45, 7) is 3.03. The molecule has 1 fully saturated rings. The predicted molar refractivity (Wildman–Crippen MR) is 72.7 cm³/mol. The highest BCUT2D eigenvalue weighted by Crippen LogP contribution is 2.22. The summed E-state index contributed by atoms with van der Waals surface area (Å²) in [5.41, 5.74) is 6.27. The lowest BCUT2D eigenvalue weighted by Gasteiger charge is -2.18. The summed E-state index contributed by atoms with van der Waals surface area (Å²) in [5.74, 6) is 0.638. The molecule has 3 N–H and O–H groups in total. The van der Waals surface area contributed by atoms with Gasteiger partial charge in [-0.3, -0.25) is 4.79 Å². The number of anilines is 1. The number of nitrogens with two attached hydrogens (primary N) is 1. The molecule has 1 aromatic rings. The maximum atomic E-state index is 12.0. The molecule has 104 valence electrons. The molecule has 0 radical (unpaired) electrons. The van der Waals surface area contributed by atoms with Gasteiger partial charge in [0.15, 0.2) is 6.61 Å². The Bertz CT molecular complexity index is 448. The number of hydrogen-bond donors (Lipinski definition) is 2. The van der Waals surface area contributed by atoms with Gasteiger partial charge in [0, 0.05) is 19.0 Å². The van der Waals surface area contributed by atoms with E-state index in [1.165, 1.54) is 0 Å². The number of aliphatic hydroxyl groups excluding tert-OH is 1. The number of rotatable bonds is 4. The van der Waals surface area contributed by atoms with E-state index in [1.54, 1.807) is 24.0 Å². The zero-order chi connectivity index (χ0) is 13.8. The first kappa shape index (κ1) is 13.7. The Kier molecular flexibility index (Phi) is 4.27. The summed E-state index contributed by atoms with van der Waals surface area (Å²) in [4.78, 5) is 13.7. The second-order valence-corrected chi connectivity index (χ2v) is 4.96.